The van der Waals surface area contributed by atoms with E-state index in [2.05, 4.69) is 75.6 Å². The lowest BCUT2D eigenvalue weighted by Gasteiger charge is -2.34. The van der Waals surface area contributed by atoms with E-state index in [1.165, 1.54) is 24.2 Å². The van der Waals surface area contributed by atoms with Gasteiger partial charge >= 0.3 is 0 Å². The zero-order valence-corrected chi connectivity index (χ0v) is 18.8. The average molecular weight is 413 g/mol. The van der Waals surface area contributed by atoms with Crippen molar-refractivity contribution >= 4 is 5.96 Å². The highest BCUT2D eigenvalue weighted by atomic mass is 16.5. The van der Waals surface area contributed by atoms with Crippen LogP contribution in [0.25, 0.3) is 0 Å². The minimum Gasteiger partial charge on any atom is -0.359 e. The van der Waals surface area contributed by atoms with Gasteiger partial charge < -0.3 is 20.1 Å². The van der Waals surface area contributed by atoms with Crippen LogP contribution in [0.3, 0.4) is 0 Å². The van der Waals surface area contributed by atoms with Gasteiger partial charge in [-0.05, 0) is 23.6 Å². The van der Waals surface area contributed by atoms with Gasteiger partial charge in [-0.3, -0.25) is 9.89 Å². The molecule has 0 saturated carbocycles. The molecule has 0 amide bonds. The second-order valence-corrected chi connectivity index (χ2v) is 8.18. The largest absolute Gasteiger partial charge is 0.359 e. The van der Waals surface area contributed by atoms with E-state index < -0.39 is 0 Å². The SMILES string of the molecule is CCN1CCN(Cc2ccc(CNC(=NC)NCc3cc(C(C)C)no3)cc2)CC1. The number of rotatable bonds is 8. The van der Waals surface area contributed by atoms with Crippen molar-refractivity contribution in [2.24, 2.45) is 4.99 Å². The molecule has 0 unspecified atom stereocenters. The van der Waals surface area contributed by atoms with E-state index >= 15 is 0 Å². The van der Waals surface area contributed by atoms with Crippen molar-refractivity contribution in [2.45, 2.75) is 46.3 Å². The Hall–Kier alpha value is -2.38. The second kappa shape index (κ2) is 11.1. The van der Waals surface area contributed by atoms with Gasteiger partial charge in [0.15, 0.2) is 11.7 Å². The number of nitrogens with one attached hydrogen (secondary N) is 2. The standard InChI is InChI=1S/C23H36N6O/c1-5-28-10-12-29(13-11-28)17-20-8-6-19(7-9-20)15-25-23(24-4)26-16-21-14-22(18(2)3)27-30-21/h6-9,14,18H,5,10-13,15-17H2,1-4H3,(H2,24,25,26). The van der Waals surface area contributed by atoms with E-state index in [4.69, 9.17) is 4.52 Å². The number of guanidine groups is 1. The van der Waals surface area contributed by atoms with Crippen LogP contribution in [-0.4, -0.2) is 60.7 Å². The third-order valence-corrected chi connectivity index (χ3v) is 5.62. The minimum absolute atomic E-state index is 0.365. The van der Waals surface area contributed by atoms with Gasteiger partial charge in [0.25, 0.3) is 0 Å². The Morgan fingerprint density at radius 2 is 1.67 bits per heavy atom. The lowest BCUT2D eigenvalue weighted by molar-refractivity contribution is 0.132. The van der Waals surface area contributed by atoms with Gasteiger partial charge in [0.2, 0.25) is 0 Å². The first-order chi connectivity index (χ1) is 14.6. The molecule has 3 rings (SSSR count). The number of nitrogens with zero attached hydrogens (tertiary/aromatic N) is 4. The van der Waals surface area contributed by atoms with Gasteiger partial charge in [0.05, 0.1) is 12.2 Å². The summed E-state index contributed by atoms with van der Waals surface area (Å²) in [5.74, 6) is 1.92. The molecular weight excluding hydrogens is 376 g/mol. The molecule has 7 heteroatoms. The molecule has 1 aromatic carbocycles. The first-order valence-electron chi connectivity index (χ1n) is 11.0. The highest BCUT2D eigenvalue weighted by molar-refractivity contribution is 5.79. The van der Waals surface area contributed by atoms with Gasteiger partial charge in [0, 0.05) is 52.4 Å². The highest BCUT2D eigenvalue weighted by Gasteiger charge is 2.15. The van der Waals surface area contributed by atoms with Crippen molar-refractivity contribution in [1.29, 1.82) is 0 Å². The molecular formula is C23H36N6O. The summed E-state index contributed by atoms with van der Waals surface area (Å²) in [6.45, 7) is 14.6. The topological polar surface area (TPSA) is 68.9 Å². The third-order valence-electron chi connectivity index (χ3n) is 5.62. The summed E-state index contributed by atoms with van der Waals surface area (Å²) in [6, 6.07) is 10.9. The Bertz CT molecular complexity index is 790. The van der Waals surface area contributed by atoms with Crippen LogP contribution in [0.15, 0.2) is 39.8 Å². The quantitative estimate of drug-likeness (QED) is 0.513. The molecule has 0 bridgehead atoms. The fourth-order valence-electron chi connectivity index (χ4n) is 3.55. The van der Waals surface area contributed by atoms with Crippen LogP contribution in [0.5, 0.6) is 0 Å². The van der Waals surface area contributed by atoms with Crippen molar-refractivity contribution in [3.05, 3.63) is 52.9 Å². The Morgan fingerprint density at radius 1 is 1.03 bits per heavy atom. The Morgan fingerprint density at radius 3 is 2.27 bits per heavy atom. The van der Waals surface area contributed by atoms with Crippen molar-refractivity contribution in [1.82, 2.24) is 25.6 Å². The molecule has 2 heterocycles. The summed E-state index contributed by atoms with van der Waals surface area (Å²) in [7, 11) is 1.77. The van der Waals surface area contributed by atoms with Crippen molar-refractivity contribution in [3.8, 4) is 0 Å². The van der Waals surface area contributed by atoms with Gasteiger partial charge in [-0.15, -0.1) is 0 Å². The molecule has 1 aliphatic heterocycles. The predicted molar refractivity (Wildman–Crippen MR) is 121 cm³/mol. The van der Waals surface area contributed by atoms with Crippen molar-refractivity contribution in [2.75, 3.05) is 39.8 Å². The van der Waals surface area contributed by atoms with Gasteiger partial charge in [0.1, 0.15) is 0 Å². The van der Waals surface area contributed by atoms with E-state index in [1.807, 2.05) is 6.07 Å². The van der Waals surface area contributed by atoms with E-state index in [9.17, 15) is 0 Å². The Labute approximate surface area is 180 Å². The first kappa shape index (κ1) is 22.3. The van der Waals surface area contributed by atoms with E-state index in [-0.39, 0.29) is 0 Å². The molecule has 1 aromatic heterocycles. The molecule has 0 spiro atoms. The second-order valence-electron chi connectivity index (χ2n) is 8.18. The summed E-state index contributed by atoms with van der Waals surface area (Å²) in [6.07, 6.45) is 0. The summed E-state index contributed by atoms with van der Waals surface area (Å²) in [4.78, 5) is 9.34. The lowest BCUT2D eigenvalue weighted by Crippen LogP contribution is -2.45. The third kappa shape index (κ3) is 6.57. The van der Waals surface area contributed by atoms with Gasteiger partial charge in [-0.2, -0.15) is 0 Å². The summed E-state index contributed by atoms with van der Waals surface area (Å²) < 4.78 is 5.37. The Balaban J connectivity index is 1.42. The molecule has 0 radical (unpaired) electrons. The van der Waals surface area contributed by atoms with Crippen molar-refractivity contribution < 1.29 is 4.52 Å². The summed E-state index contributed by atoms with van der Waals surface area (Å²) >= 11 is 0. The van der Waals surface area contributed by atoms with Gasteiger partial charge in [-0.1, -0.05) is 50.2 Å². The number of hydrogen-bond donors (Lipinski definition) is 2. The molecule has 164 valence electrons. The monoisotopic (exact) mass is 412 g/mol. The van der Waals surface area contributed by atoms with Crippen LogP contribution in [0, 0.1) is 0 Å². The Kier molecular flexibility index (Phi) is 8.28. The number of hydrogen-bond acceptors (Lipinski definition) is 5. The fourth-order valence-corrected chi connectivity index (χ4v) is 3.55. The van der Waals surface area contributed by atoms with Crippen LogP contribution in [-0.2, 0) is 19.6 Å². The highest BCUT2D eigenvalue weighted by Crippen LogP contribution is 2.14. The molecule has 2 N–H and O–H groups in total. The molecule has 30 heavy (non-hydrogen) atoms. The maximum Gasteiger partial charge on any atom is 0.191 e. The zero-order valence-electron chi connectivity index (χ0n) is 18.8. The summed E-state index contributed by atoms with van der Waals surface area (Å²) in [5.41, 5.74) is 3.58. The predicted octanol–water partition coefficient (Wildman–Crippen LogP) is 2.80. The molecule has 0 aliphatic carbocycles. The van der Waals surface area contributed by atoms with Crippen LogP contribution < -0.4 is 10.6 Å². The van der Waals surface area contributed by atoms with Crippen LogP contribution in [0.2, 0.25) is 0 Å². The molecule has 0 atom stereocenters. The van der Waals surface area contributed by atoms with Crippen LogP contribution >= 0.6 is 0 Å². The van der Waals surface area contributed by atoms with Crippen molar-refractivity contribution in [3.63, 3.8) is 0 Å². The molecule has 2 aromatic rings. The normalized spacial score (nSPS) is 16.2. The number of piperazine rings is 1. The maximum atomic E-state index is 5.37. The smallest absolute Gasteiger partial charge is 0.191 e. The molecule has 1 saturated heterocycles. The lowest BCUT2D eigenvalue weighted by atomic mass is 10.1. The number of aliphatic imine (C=N–C) groups is 1. The number of benzene rings is 1. The number of aromatic nitrogens is 1. The molecule has 1 fully saturated rings. The summed E-state index contributed by atoms with van der Waals surface area (Å²) in [5, 5.41) is 10.7. The van der Waals surface area contributed by atoms with E-state index in [0.29, 0.717) is 12.5 Å². The van der Waals surface area contributed by atoms with Crippen LogP contribution in [0.1, 0.15) is 49.3 Å². The van der Waals surface area contributed by atoms with E-state index in [1.54, 1.807) is 7.05 Å². The number of likely N-dealkylation sites (N-methyl/N-ethyl adjacent to an activating group) is 1. The fraction of sp³-hybridized carbons (Fsp3) is 0.565. The van der Waals surface area contributed by atoms with Gasteiger partial charge in [-0.25, -0.2) is 0 Å². The van der Waals surface area contributed by atoms with Crippen LogP contribution in [0.4, 0.5) is 0 Å². The first-order valence-corrected chi connectivity index (χ1v) is 11.0. The maximum absolute atomic E-state index is 5.37. The molecule has 7 nitrogen and oxygen atoms in total. The zero-order chi connectivity index (χ0) is 21.3. The minimum atomic E-state index is 0.365. The molecule has 1 aliphatic rings. The van der Waals surface area contributed by atoms with E-state index in [0.717, 1.165) is 50.1 Å². The average Bonchev–Trinajstić information content (AvgIpc) is 3.25.